The van der Waals surface area contributed by atoms with E-state index in [0.717, 1.165) is 11.1 Å². The Morgan fingerprint density at radius 3 is 2.75 bits per heavy atom. The van der Waals surface area contributed by atoms with Crippen molar-refractivity contribution in [1.29, 1.82) is 0 Å². The van der Waals surface area contributed by atoms with E-state index in [9.17, 15) is 22.4 Å². The van der Waals surface area contributed by atoms with Crippen molar-refractivity contribution in [2.45, 2.75) is 25.1 Å². The molecular weight excluding hydrogens is 350 g/mol. The lowest BCUT2D eigenvalue weighted by molar-refractivity contribution is -0.140. The van der Waals surface area contributed by atoms with Gasteiger partial charge in [0.2, 0.25) is 5.91 Å². The first-order valence-electron chi connectivity index (χ1n) is 7.33. The van der Waals surface area contributed by atoms with Crippen LogP contribution < -0.4 is 5.32 Å². The van der Waals surface area contributed by atoms with E-state index in [1.807, 2.05) is 0 Å². The maximum absolute atomic E-state index is 14.0. The van der Waals surface area contributed by atoms with Crippen molar-refractivity contribution in [2.24, 2.45) is 11.0 Å². The zero-order valence-electron chi connectivity index (χ0n) is 12.5. The van der Waals surface area contributed by atoms with Crippen LogP contribution in [0, 0.1) is 23.4 Å². The molecule has 2 aliphatic heterocycles. The molecule has 3 rings (SSSR count). The van der Waals surface area contributed by atoms with Crippen LogP contribution in [-0.2, 0) is 4.79 Å². The van der Waals surface area contributed by atoms with Gasteiger partial charge >= 0.3 is 0 Å². The normalized spacial score (nSPS) is 26.3. The third kappa shape index (κ3) is 3.39. The molecule has 1 aromatic rings. The molecule has 0 radical (unpaired) electrons. The second-order valence-electron chi connectivity index (χ2n) is 5.64. The van der Waals surface area contributed by atoms with Gasteiger partial charge in [-0.25, -0.2) is 22.6 Å². The van der Waals surface area contributed by atoms with Crippen LogP contribution in [0.3, 0.4) is 0 Å². The first kappa shape index (κ1) is 18.7. The fourth-order valence-corrected chi connectivity index (χ4v) is 2.97. The van der Waals surface area contributed by atoms with E-state index in [-0.39, 0.29) is 30.9 Å². The number of alkyl halides is 1. The Morgan fingerprint density at radius 2 is 2.04 bits per heavy atom. The van der Waals surface area contributed by atoms with Gasteiger partial charge in [-0.15, -0.1) is 12.4 Å². The van der Waals surface area contributed by atoms with E-state index >= 15 is 0 Å². The number of nitrogens with zero attached hydrogens (tertiary/aromatic N) is 2. The minimum Gasteiger partial charge on any atom is -0.314 e. The monoisotopic (exact) mass is 365 g/mol. The highest BCUT2D eigenvalue weighted by molar-refractivity contribution is 5.85. The molecule has 9 heteroatoms. The Hall–Kier alpha value is -1.67. The number of hydrogen-bond donors (Lipinski definition) is 1. The van der Waals surface area contributed by atoms with E-state index < -0.39 is 41.5 Å². The standard InChI is InChI=1S/C15H15F4N3O.ClH/c16-8-5-10(14(19)11(17)6-8)13-2-4-21-22(13)15(23)9-1-3-20-7-12(9)18;/h4-6,9,12-13,20H,1-3,7H2;1H/t9-,12+,13?;/m0./s1. The number of piperidine rings is 1. The maximum atomic E-state index is 14.0. The summed E-state index contributed by atoms with van der Waals surface area (Å²) in [5, 5.41) is 7.64. The fourth-order valence-electron chi connectivity index (χ4n) is 2.97. The summed E-state index contributed by atoms with van der Waals surface area (Å²) in [7, 11) is 0. The van der Waals surface area contributed by atoms with Gasteiger partial charge in [-0.05, 0) is 19.0 Å². The van der Waals surface area contributed by atoms with Gasteiger partial charge in [-0.2, -0.15) is 5.10 Å². The average molecular weight is 366 g/mol. The van der Waals surface area contributed by atoms with E-state index in [0.29, 0.717) is 19.0 Å². The summed E-state index contributed by atoms with van der Waals surface area (Å²) in [6.45, 7) is 0.545. The van der Waals surface area contributed by atoms with Crippen LogP contribution in [-0.4, -0.2) is 36.4 Å². The third-order valence-electron chi connectivity index (χ3n) is 4.16. The van der Waals surface area contributed by atoms with Crippen molar-refractivity contribution in [3.8, 4) is 0 Å². The van der Waals surface area contributed by atoms with Crippen LogP contribution in [0.2, 0.25) is 0 Å². The van der Waals surface area contributed by atoms with Crippen molar-refractivity contribution in [2.75, 3.05) is 13.1 Å². The van der Waals surface area contributed by atoms with Crippen molar-refractivity contribution in [3.05, 3.63) is 35.1 Å². The zero-order valence-corrected chi connectivity index (χ0v) is 13.3. The first-order valence-corrected chi connectivity index (χ1v) is 7.33. The summed E-state index contributed by atoms with van der Waals surface area (Å²) in [6, 6.07) is 0.313. The molecule has 2 heterocycles. The van der Waals surface area contributed by atoms with Gasteiger partial charge in [-0.3, -0.25) is 4.79 Å². The van der Waals surface area contributed by atoms with Crippen LogP contribution in [0.4, 0.5) is 17.6 Å². The highest BCUT2D eigenvalue weighted by Crippen LogP contribution is 2.34. The molecular formula is C15H16ClF4N3O. The molecule has 1 unspecified atom stereocenters. The molecule has 0 aromatic heterocycles. The molecule has 2 aliphatic rings. The molecule has 132 valence electrons. The van der Waals surface area contributed by atoms with Gasteiger partial charge in [0.05, 0.1) is 12.0 Å². The highest BCUT2D eigenvalue weighted by atomic mass is 35.5. The number of rotatable bonds is 2. The van der Waals surface area contributed by atoms with Gasteiger partial charge < -0.3 is 5.32 Å². The van der Waals surface area contributed by atoms with Crippen molar-refractivity contribution in [1.82, 2.24) is 10.3 Å². The van der Waals surface area contributed by atoms with E-state index in [1.54, 1.807) is 0 Å². The van der Waals surface area contributed by atoms with Crippen molar-refractivity contribution in [3.63, 3.8) is 0 Å². The van der Waals surface area contributed by atoms with Gasteiger partial charge in [0.15, 0.2) is 11.6 Å². The number of hydrogen-bond acceptors (Lipinski definition) is 3. The molecule has 0 bridgehead atoms. The first-order chi connectivity index (χ1) is 11.0. The summed E-state index contributed by atoms with van der Waals surface area (Å²) >= 11 is 0. The quantitative estimate of drug-likeness (QED) is 0.647. The lowest BCUT2D eigenvalue weighted by Gasteiger charge is -2.31. The largest absolute Gasteiger partial charge is 0.314 e. The zero-order chi connectivity index (χ0) is 16.6. The Balaban J connectivity index is 0.00000208. The second kappa shape index (κ2) is 7.48. The van der Waals surface area contributed by atoms with Crippen LogP contribution in [0.5, 0.6) is 0 Å². The fraction of sp³-hybridized carbons (Fsp3) is 0.467. The van der Waals surface area contributed by atoms with Gasteiger partial charge in [0.25, 0.3) is 0 Å². The maximum Gasteiger partial charge on any atom is 0.249 e. The topological polar surface area (TPSA) is 44.7 Å². The summed E-state index contributed by atoms with van der Waals surface area (Å²) in [4.78, 5) is 12.5. The number of amides is 1. The van der Waals surface area contributed by atoms with Crippen LogP contribution in [0.15, 0.2) is 17.2 Å². The summed E-state index contributed by atoms with van der Waals surface area (Å²) in [5.74, 6) is -4.98. The van der Waals surface area contributed by atoms with E-state index in [1.165, 1.54) is 6.21 Å². The molecule has 0 spiro atoms. The molecule has 24 heavy (non-hydrogen) atoms. The number of nitrogens with one attached hydrogen (secondary N) is 1. The highest BCUT2D eigenvalue weighted by Gasteiger charge is 2.39. The lowest BCUT2D eigenvalue weighted by Crippen LogP contribution is -2.46. The number of carbonyl (C=O) groups is 1. The molecule has 1 N–H and O–H groups in total. The molecule has 0 saturated carbocycles. The van der Waals surface area contributed by atoms with Crippen LogP contribution in [0.1, 0.15) is 24.4 Å². The van der Waals surface area contributed by atoms with Crippen LogP contribution in [0.25, 0.3) is 0 Å². The smallest absolute Gasteiger partial charge is 0.249 e. The Labute approximate surface area is 142 Å². The Kier molecular flexibility index (Phi) is 5.82. The number of benzene rings is 1. The molecule has 1 aromatic carbocycles. The summed E-state index contributed by atoms with van der Waals surface area (Å²) in [6.07, 6.45) is 0.396. The number of carbonyl (C=O) groups excluding carboxylic acids is 1. The SMILES string of the molecule is Cl.O=C([C@H]1CCNC[C@H]1F)N1N=CCC1c1cc(F)cc(F)c1F. The van der Waals surface area contributed by atoms with E-state index in [4.69, 9.17) is 0 Å². The van der Waals surface area contributed by atoms with Gasteiger partial charge in [0.1, 0.15) is 12.0 Å². The molecule has 0 aliphatic carbocycles. The van der Waals surface area contributed by atoms with Gasteiger partial charge in [-0.1, -0.05) is 0 Å². The number of hydrazone groups is 1. The summed E-state index contributed by atoms with van der Waals surface area (Å²) in [5.41, 5.74) is -0.294. The minimum atomic E-state index is -1.37. The van der Waals surface area contributed by atoms with Crippen molar-refractivity contribution >= 4 is 24.5 Å². The molecule has 1 amide bonds. The van der Waals surface area contributed by atoms with Gasteiger partial charge in [0, 0.05) is 30.8 Å². The molecule has 4 nitrogen and oxygen atoms in total. The molecule has 1 saturated heterocycles. The average Bonchev–Trinajstić information content (AvgIpc) is 3.00. The molecule has 1 fully saturated rings. The molecule has 3 atom stereocenters. The Bertz CT molecular complexity index is 658. The predicted molar refractivity (Wildman–Crippen MR) is 82.1 cm³/mol. The number of halogens is 5. The van der Waals surface area contributed by atoms with Crippen molar-refractivity contribution < 1.29 is 22.4 Å². The van der Waals surface area contributed by atoms with E-state index in [2.05, 4.69) is 10.4 Å². The second-order valence-corrected chi connectivity index (χ2v) is 5.64. The van der Waals surface area contributed by atoms with Crippen LogP contribution >= 0.6 is 12.4 Å². The predicted octanol–water partition coefficient (Wildman–Crippen LogP) is 2.73. The third-order valence-corrected chi connectivity index (χ3v) is 4.16. The minimum absolute atomic E-state index is 0. The Morgan fingerprint density at radius 1 is 1.29 bits per heavy atom. The summed E-state index contributed by atoms with van der Waals surface area (Å²) < 4.78 is 54.7. The lowest BCUT2D eigenvalue weighted by atomic mass is 9.93.